The molecule has 0 saturated carbocycles. The summed E-state index contributed by atoms with van der Waals surface area (Å²) in [5.74, 6) is 0.0396. The highest BCUT2D eigenvalue weighted by molar-refractivity contribution is 7.07. The zero-order valence-electron chi connectivity index (χ0n) is 10.2. The van der Waals surface area contributed by atoms with Gasteiger partial charge in [-0.05, 0) is 47.0 Å². The van der Waals surface area contributed by atoms with Crippen LogP contribution in [0.15, 0.2) is 41.1 Å². The number of rotatable bonds is 4. The van der Waals surface area contributed by atoms with Crippen LogP contribution in [0.5, 0.6) is 0 Å². The molecule has 0 spiro atoms. The number of carbonyl (C=O) groups excluding carboxylic acids is 1. The van der Waals surface area contributed by atoms with E-state index in [-0.39, 0.29) is 11.9 Å². The van der Waals surface area contributed by atoms with E-state index < -0.39 is 0 Å². The molecule has 0 radical (unpaired) electrons. The Labute approximate surface area is 111 Å². The molecule has 1 aromatic heterocycles. The van der Waals surface area contributed by atoms with Crippen molar-refractivity contribution >= 4 is 22.9 Å². The fraction of sp³-hybridized carbons (Fsp3) is 0.214. The van der Waals surface area contributed by atoms with Gasteiger partial charge < -0.3 is 11.1 Å². The van der Waals surface area contributed by atoms with Gasteiger partial charge >= 0.3 is 0 Å². The second-order valence-corrected chi connectivity index (χ2v) is 5.04. The van der Waals surface area contributed by atoms with Gasteiger partial charge in [0.2, 0.25) is 5.91 Å². The van der Waals surface area contributed by atoms with Crippen LogP contribution in [0.3, 0.4) is 0 Å². The lowest BCUT2D eigenvalue weighted by atomic mass is 10.1. The fourth-order valence-electron chi connectivity index (χ4n) is 1.74. The second kappa shape index (κ2) is 5.69. The largest absolute Gasteiger partial charge is 0.399 e. The van der Waals surface area contributed by atoms with E-state index in [1.165, 1.54) is 0 Å². The molecule has 2 rings (SSSR count). The van der Waals surface area contributed by atoms with Crippen molar-refractivity contribution in [3.8, 4) is 0 Å². The first-order chi connectivity index (χ1) is 8.65. The van der Waals surface area contributed by atoms with Gasteiger partial charge in [0.15, 0.2) is 0 Å². The Morgan fingerprint density at radius 2 is 2.06 bits per heavy atom. The Morgan fingerprint density at radius 1 is 1.33 bits per heavy atom. The van der Waals surface area contributed by atoms with Crippen LogP contribution >= 0.6 is 11.3 Å². The van der Waals surface area contributed by atoms with Crippen LogP contribution in [0, 0.1) is 0 Å². The highest BCUT2D eigenvalue weighted by atomic mass is 32.1. The molecule has 1 unspecified atom stereocenters. The van der Waals surface area contributed by atoms with Gasteiger partial charge in [0.05, 0.1) is 12.5 Å². The minimum atomic E-state index is -0.00302. The average molecular weight is 260 g/mol. The number of thiophene rings is 1. The van der Waals surface area contributed by atoms with Crippen molar-refractivity contribution in [3.63, 3.8) is 0 Å². The molecule has 3 nitrogen and oxygen atoms in total. The number of nitrogens with one attached hydrogen (secondary N) is 1. The third-order valence-corrected chi connectivity index (χ3v) is 3.49. The molecule has 0 bridgehead atoms. The topological polar surface area (TPSA) is 55.1 Å². The predicted octanol–water partition coefficient (Wildman–Crippen LogP) is 2.75. The number of amides is 1. The zero-order chi connectivity index (χ0) is 13.0. The summed E-state index contributed by atoms with van der Waals surface area (Å²) in [7, 11) is 0. The van der Waals surface area contributed by atoms with Gasteiger partial charge in [-0.2, -0.15) is 11.3 Å². The van der Waals surface area contributed by atoms with Gasteiger partial charge in [-0.15, -0.1) is 0 Å². The molecule has 1 amide bonds. The van der Waals surface area contributed by atoms with Crippen LogP contribution in [0.2, 0.25) is 0 Å². The minimum absolute atomic E-state index is 0.00302. The van der Waals surface area contributed by atoms with Gasteiger partial charge in [-0.25, -0.2) is 0 Å². The fourth-order valence-corrected chi connectivity index (χ4v) is 2.41. The van der Waals surface area contributed by atoms with Gasteiger partial charge in [-0.3, -0.25) is 4.79 Å². The van der Waals surface area contributed by atoms with E-state index in [2.05, 4.69) is 5.32 Å². The lowest BCUT2D eigenvalue weighted by Crippen LogP contribution is -2.27. The molecule has 3 N–H and O–H groups in total. The van der Waals surface area contributed by atoms with E-state index in [1.54, 1.807) is 11.3 Å². The molecule has 4 heteroatoms. The molecule has 18 heavy (non-hydrogen) atoms. The van der Waals surface area contributed by atoms with Crippen LogP contribution in [-0.4, -0.2) is 5.91 Å². The lowest BCUT2D eigenvalue weighted by Gasteiger charge is -2.14. The van der Waals surface area contributed by atoms with E-state index in [0.29, 0.717) is 6.42 Å². The maximum Gasteiger partial charge on any atom is 0.224 e. The number of benzene rings is 1. The Balaban J connectivity index is 1.92. The van der Waals surface area contributed by atoms with Gasteiger partial charge in [-0.1, -0.05) is 12.1 Å². The summed E-state index contributed by atoms with van der Waals surface area (Å²) in [6, 6.07) is 9.53. The molecule has 0 aliphatic rings. The van der Waals surface area contributed by atoms with Crippen LogP contribution in [0.25, 0.3) is 0 Å². The number of nitrogens with two attached hydrogens (primary N) is 1. The molecule has 2 aromatic rings. The molecule has 0 saturated heterocycles. The van der Waals surface area contributed by atoms with Crippen LogP contribution in [-0.2, 0) is 11.2 Å². The molecule has 0 fully saturated rings. The van der Waals surface area contributed by atoms with Crippen molar-refractivity contribution in [1.29, 1.82) is 0 Å². The van der Waals surface area contributed by atoms with E-state index in [9.17, 15) is 4.79 Å². The van der Waals surface area contributed by atoms with E-state index in [4.69, 9.17) is 5.73 Å². The summed E-state index contributed by atoms with van der Waals surface area (Å²) < 4.78 is 0. The van der Waals surface area contributed by atoms with Crippen molar-refractivity contribution in [2.75, 3.05) is 5.73 Å². The highest BCUT2D eigenvalue weighted by Crippen LogP contribution is 2.14. The molecular formula is C14H16N2OS. The SMILES string of the molecule is CC(NC(=O)Cc1ccsc1)c1ccc(N)cc1. The van der Waals surface area contributed by atoms with Crippen molar-refractivity contribution < 1.29 is 4.79 Å². The predicted molar refractivity (Wildman–Crippen MR) is 75.4 cm³/mol. The molecule has 94 valence electrons. The number of hydrogen-bond donors (Lipinski definition) is 2. The number of carbonyl (C=O) groups is 1. The van der Waals surface area contributed by atoms with Gasteiger partial charge in [0.25, 0.3) is 0 Å². The maximum atomic E-state index is 11.8. The first kappa shape index (κ1) is 12.6. The number of hydrogen-bond acceptors (Lipinski definition) is 3. The van der Waals surface area contributed by atoms with E-state index in [1.807, 2.05) is 48.0 Å². The Morgan fingerprint density at radius 3 is 2.67 bits per heavy atom. The first-order valence-corrected chi connectivity index (χ1v) is 6.75. The summed E-state index contributed by atoms with van der Waals surface area (Å²) in [5.41, 5.74) is 8.48. The second-order valence-electron chi connectivity index (χ2n) is 4.26. The monoisotopic (exact) mass is 260 g/mol. The zero-order valence-corrected chi connectivity index (χ0v) is 11.0. The lowest BCUT2D eigenvalue weighted by molar-refractivity contribution is -0.121. The summed E-state index contributed by atoms with van der Waals surface area (Å²) in [6.45, 7) is 1.97. The Bertz CT molecular complexity index is 505. The van der Waals surface area contributed by atoms with Crippen LogP contribution in [0.4, 0.5) is 5.69 Å². The first-order valence-electron chi connectivity index (χ1n) is 5.81. The summed E-state index contributed by atoms with van der Waals surface area (Å²) in [4.78, 5) is 11.8. The normalized spacial score (nSPS) is 12.1. The summed E-state index contributed by atoms with van der Waals surface area (Å²) in [6.07, 6.45) is 0.433. The van der Waals surface area contributed by atoms with E-state index in [0.717, 1.165) is 16.8 Å². The van der Waals surface area contributed by atoms with Crippen molar-refractivity contribution in [2.24, 2.45) is 0 Å². The molecule has 1 aromatic carbocycles. The number of nitrogen functional groups attached to an aromatic ring is 1. The van der Waals surface area contributed by atoms with Crippen molar-refractivity contribution in [1.82, 2.24) is 5.32 Å². The van der Waals surface area contributed by atoms with Crippen molar-refractivity contribution in [3.05, 3.63) is 52.2 Å². The van der Waals surface area contributed by atoms with Gasteiger partial charge in [0.1, 0.15) is 0 Å². The Hall–Kier alpha value is -1.81. The van der Waals surface area contributed by atoms with Crippen LogP contribution < -0.4 is 11.1 Å². The minimum Gasteiger partial charge on any atom is -0.399 e. The molecule has 0 aliphatic carbocycles. The van der Waals surface area contributed by atoms with E-state index >= 15 is 0 Å². The molecule has 1 atom stereocenters. The number of anilines is 1. The summed E-state index contributed by atoms with van der Waals surface area (Å²) >= 11 is 1.60. The average Bonchev–Trinajstić information content (AvgIpc) is 2.82. The third-order valence-electron chi connectivity index (χ3n) is 2.76. The van der Waals surface area contributed by atoms with Gasteiger partial charge in [0, 0.05) is 5.69 Å². The molecule has 1 heterocycles. The standard InChI is InChI=1S/C14H16N2OS/c1-10(12-2-4-13(15)5-3-12)16-14(17)8-11-6-7-18-9-11/h2-7,9-10H,8,15H2,1H3,(H,16,17). The molecule has 0 aliphatic heterocycles. The molecular weight excluding hydrogens is 244 g/mol. The highest BCUT2D eigenvalue weighted by Gasteiger charge is 2.10. The van der Waals surface area contributed by atoms with Crippen LogP contribution in [0.1, 0.15) is 24.1 Å². The quantitative estimate of drug-likeness (QED) is 0.830. The maximum absolute atomic E-state index is 11.8. The third kappa shape index (κ3) is 3.34. The Kier molecular flexibility index (Phi) is 3.99. The summed E-state index contributed by atoms with van der Waals surface area (Å²) in [5, 5.41) is 6.95. The smallest absolute Gasteiger partial charge is 0.224 e. The van der Waals surface area contributed by atoms with Crippen molar-refractivity contribution in [2.45, 2.75) is 19.4 Å².